The molecule has 0 saturated heterocycles. The summed E-state index contributed by atoms with van der Waals surface area (Å²) in [6.07, 6.45) is 7.80. The summed E-state index contributed by atoms with van der Waals surface area (Å²) in [7, 11) is 0. The van der Waals surface area contributed by atoms with Crippen molar-refractivity contribution in [2.45, 2.75) is 78.2 Å². The molecule has 0 atom stereocenters. The summed E-state index contributed by atoms with van der Waals surface area (Å²) in [6.45, 7) is 8.05. The van der Waals surface area contributed by atoms with Crippen LogP contribution in [0.15, 0.2) is 77.2 Å². The molecule has 43 heavy (non-hydrogen) atoms. The Morgan fingerprint density at radius 2 is 1.63 bits per heavy atom. The van der Waals surface area contributed by atoms with Crippen molar-refractivity contribution >= 4 is 5.97 Å². The van der Waals surface area contributed by atoms with Crippen molar-refractivity contribution in [3.05, 3.63) is 89.8 Å². The average molecular weight is 582 g/mol. The first kappa shape index (κ1) is 30.4. The van der Waals surface area contributed by atoms with Crippen molar-refractivity contribution in [3.8, 4) is 34.1 Å². The van der Waals surface area contributed by atoms with Crippen molar-refractivity contribution < 1.29 is 23.4 Å². The standard InChI is InChI=1S/C37H43NO5/c1-5-40-36(39)37(3,4)43-34-21-20-32(25-31(34)24-27-12-8-6-9-13-27)41-23-22-33-26(2)42-35(38-33)30-18-16-29(17-19-30)28-14-10-7-11-15-28/h7,10-11,14-21,25,27H,5-6,8-9,12-13,22-24H2,1-4H3. The Labute approximate surface area is 255 Å². The maximum Gasteiger partial charge on any atom is 0.349 e. The fourth-order valence-corrected chi connectivity index (χ4v) is 5.71. The van der Waals surface area contributed by atoms with Gasteiger partial charge in [-0.3, -0.25) is 0 Å². The summed E-state index contributed by atoms with van der Waals surface area (Å²) in [5.74, 6) is 3.15. The van der Waals surface area contributed by atoms with Gasteiger partial charge in [0.1, 0.15) is 17.3 Å². The van der Waals surface area contributed by atoms with Gasteiger partial charge in [-0.25, -0.2) is 9.78 Å². The lowest BCUT2D eigenvalue weighted by atomic mass is 9.84. The van der Waals surface area contributed by atoms with Crippen molar-refractivity contribution in [2.24, 2.45) is 5.92 Å². The molecule has 1 saturated carbocycles. The molecule has 226 valence electrons. The highest BCUT2D eigenvalue weighted by Crippen LogP contribution is 2.34. The number of benzene rings is 3. The number of hydrogen-bond donors (Lipinski definition) is 0. The second-order valence-corrected chi connectivity index (χ2v) is 11.9. The van der Waals surface area contributed by atoms with Crippen LogP contribution in [0.4, 0.5) is 0 Å². The maximum absolute atomic E-state index is 12.5. The lowest BCUT2D eigenvalue weighted by molar-refractivity contribution is -0.158. The Hall–Kier alpha value is -4.06. The zero-order chi connectivity index (χ0) is 30.2. The van der Waals surface area contributed by atoms with Crippen LogP contribution in [-0.4, -0.2) is 29.8 Å². The smallest absolute Gasteiger partial charge is 0.349 e. The minimum absolute atomic E-state index is 0.320. The van der Waals surface area contributed by atoms with Crippen molar-refractivity contribution in [1.82, 2.24) is 4.98 Å². The monoisotopic (exact) mass is 581 g/mol. The van der Waals surface area contributed by atoms with Crippen LogP contribution in [0.2, 0.25) is 0 Å². The van der Waals surface area contributed by atoms with Crippen LogP contribution in [0.3, 0.4) is 0 Å². The molecule has 5 rings (SSSR count). The molecule has 0 bridgehead atoms. The molecule has 1 aromatic heterocycles. The molecule has 0 unspecified atom stereocenters. The van der Waals surface area contributed by atoms with Gasteiger partial charge in [-0.05, 0) is 87.1 Å². The largest absolute Gasteiger partial charge is 0.493 e. The molecule has 0 N–H and O–H groups in total. The first-order chi connectivity index (χ1) is 20.8. The molecular formula is C37H43NO5. The minimum atomic E-state index is -1.08. The summed E-state index contributed by atoms with van der Waals surface area (Å²) in [5.41, 5.74) is 4.17. The molecule has 1 aliphatic rings. The predicted molar refractivity (Wildman–Crippen MR) is 169 cm³/mol. The van der Waals surface area contributed by atoms with E-state index in [9.17, 15) is 4.79 Å². The third-order valence-electron chi connectivity index (χ3n) is 8.14. The van der Waals surface area contributed by atoms with E-state index >= 15 is 0 Å². The number of ether oxygens (including phenoxy) is 3. The van der Waals surface area contributed by atoms with E-state index in [1.807, 2.05) is 37.3 Å². The Kier molecular flexibility index (Phi) is 9.86. The van der Waals surface area contributed by atoms with Gasteiger partial charge in [0, 0.05) is 12.0 Å². The van der Waals surface area contributed by atoms with Gasteiger partial charge in [0.25, 0.3) is 0 Å². The minimum Gasteiger partial charge on any atom is -0.493 e. The maximum atomic E-state index is 12.5. The molecule has 0 radical (unpaired) electrons. The number of aromatic nitrogens is 1. The van der Waals surface area contributed by atoms with Crippen LogP contribution in [0.5, 0.6) is 11.5 Å². The van der Waals surface area contributed by atoms with Crippen LogP contribution >= 0.6 is 0 Å². The molecular weight excluding hydrogens is 538 g/mol. The van der Waals surface area contributed by atoms with Gasteiger partial charge >= 0.3 is 5.97 Å². The average Bonchev–Trinajstić information content (AvgIpc) is 3.39. The molecule has 0 amide bonds. The molecule has 0 spiro atoms. The molecule has 4 aromatic rings. The third-order valence-corrected chi connectivity index (χ3v) is 8.14. The van der Waals surface area contributed by atoms with E-state index in [2.05, 4.69) is 42.5 Å². The normalized spacial score (nSPS) is 14.0. The zero-order valence-electron chi connectivity index (χ0n) is 25.9. The van der Waals surface area contributed by atoms with Gasteiger partial charge in [-0.15, -0.1) is 0 Å². The van der Waals surface area contributed by atoms with E-state index in [1.54, 1.807) is 20.8 Å². The predicted octanol–water partition coefficient (Wildman–Crippen LogP) is 8.78. The zero-order valence-corrected chi connectivity index (χ0v) is 25.9. The Bertz CT molecular complexity index is 1480. The summed E-state index contributed by atoms with van der Waals surface area (Å²) >= 11 is 0. The van der Waals surface area contributed by atoms with Crippen molar-refractivity contribution in [2.75, 3.05) is 13.2 Å². The van der Waals surface area contributed by atoms with Crippen molar-refractivity contribution in [3.63, 3.8) is 0 Å². The number of rotatable bonds is 12. The van der Waals surface area contributed by atoms with Gasteiger partial charge in [0.15, 0.2) is 5.60 Å². The lowest BCUT2D eigenvalue weighted by Gasteiger charge is -2.27. The molecule has 0 aliphatic heterocycles. The van der Waals surface area contributed by atoms with Crippen LogP contribution in [-0.2, 0) is 22.4 Å². The molecule has 6 nitrogen and oxygen atoms in total. The van der Waals surface area contributed by atoms with Gasteiger partial charge in [-0.1, -0.05) is 74.6 Å². The summed E-state index contributed by atoms with van der Waals surface area (Å²) in [4.78, 5) is 17.3. The molecule has 1 heterocycles. The highest BCUT2D eigenvalue weighted by molar-refractivity contribution is 5.79. The van der Waals surface area contributed by atoms with E-state index in [4.69, 9.17) is 23.6 Å². The van der Waals surface area contributed by atoms with Gasteiger partial charge in [0.05, 0.1) is 18.9 Å². The van der Waals surface area contributed by atoms with Crippen molar-refractivity contribution in [1.29, 1.82) is 0 Å². The van der Waals surface area contributed by atoms with Crippen LogP contribution in [0.1, 0.15) is 69.9 Å². The van der Waals surface area contributed by atoms with E-state index < -0.39 is 5.60 Å². The summed E-state index contributed by atoms with van der Waals surface area (Å²) in [5, 5.41) is 0. The first-order valence-electron chi connectivity index (χ1n) is 15.6. The Morgan fingerprint density at radius 3 is 2.35 bits per heavy atom. The van der Waals surface area contributed by atoms with E-state index in [1.165, 1.54) is 37.7 Å². The van der Waals surface area contributed by atoms with Crippen LogP contribution < -0.4 is 9.47 Å². The van der Waals surface area contributed by atoms with Crippen LogP contribution in [0.25, 0.3) is 22.6 Å². The van der Waals surface area contributed by atoms with Gasteiger partial charge < -0.3 is 18.6 Å². The fourth-order valence-electron chi connectivity index (χ4n) is 5.71. The number of aryl methyl sites for hydroxylation is 1. The fraction of sp³-hybridized carbons (Fsp3) is 0.405. The number of carbonyl (C=O) groups is 1. The highest BCUT2D eigenvalue weighted by atomic mass is 16.6. The van der Waals surface area contributed by atoms with Gasteiger partial charge in [0.2, 0.25) is 5.89 Å². The lowest BCUT2D eigenvalue weighted by Crippen LogP contribution is -2.40. The van der Waals surface area contributed by atoms with E-state index in [0.29, 0.717) is 37.2 Å². The third kappa shape index (κ3) is 7.86. The number of nitrogens with zero attached hydrogens (tertiary/aromatic N) is 1. The van der Waals surface area contributed by atoms with Gasteiger partial charge in [-0.2, -0.15) is 0 Å². The highest BCUT2D eigenvalue weighted by Gasteiger charge is 2.32. The summed E-state index contributed by atoms with van der Waals surface area (Å²) in [6, 6.07) is 24.5. The number of esters is 1. The molecule has 1 aliphatic carbocycles. The Morgan fingerprint density at radius 1 is 0.930 bits per heavy atom. The topological polar surface area (TPSA) is 70.8 Å². The molecule has 1 fully saturated rings. The van der Waals surface area contributed by atoms with Crippen LogP contribution in [0, 0.1) is 12.8 Å². The number of oxazole rings is 1. The van der Waals surface area contributed by atoms with E-state index in [-0.39, 0.29) is 5.97 Å². The number of carbonyl (C=O) groups excluding carboxylic acids is 1. The Balaban J connectivity index is 1.25. The second kappa shape index (κ2) is 13.9. The molecule has 3 aromatic carbocycles. The number of hydrogen-bond acceptors (Lipinski definition) is 6. The molecule has 6 heteroatoms. The summed E-state index contributed by atoms with van der Waals surface area (Å²) < 4.78 is 23.8. The first-order valence-corrected chi connectivity index (χ1v) is 15.6. The second-order valence-electron chi connectivity index (χ2n) is 11.9. The quantitative estimate of drug-likeness (QED) is 0.156. The SMILES string of the molecule is CCOC(=O)C(C)(C)Oc1ccc(OCCc2nc(-c3ccc(-c4ccccc4)cc3)oc2C)cc1CC1CCCCC1. The van der Waals surface area contributed by atoms with E-state index in [0.717, 1.165) is 40.3 Å².